The third kappa shape index (κ3) is 6.01. The van der Waals surface area contributed by atoms with E-state index in [1.54, 1.807) is 7.11 Å². The largest absolute Gasteiger partial charge is 0.389 e. The molecule has 0 radical (unpaired) electrons. The third-order valence-corrected chi connectivity index (χ3v) is 1.17. The van der Waals surface area contributed by atoms with Crippen molar-refractivity contribution in [3.63, 3.8) is 0 Å². The van der Waals surface area contributed by atoms with Gasteiger partial charge in [-0.1, -0.05) is 6.92 Å². The van der Waals surface area contributed by atoms with E-state index in [9.17, 15) is 0 Å². The number of ether oxygens (including phenoxy) is 1. The van der Waals surface area contributed by atoms with Crippen molar-refractivity contribution in [3.8, 4) is 0 Å². The van der Waals surface area contributed by atoms with E-state index < -0.39 is 0 Å². The molecule has 0 rings (SSSR count). The van der Waals surface area contributed by atoms with Crippen LogP contribution < -0.4 is 5.32 Å². The molecule has 0 aliphatic carbocycles. The summed E-state index contributed by atoms with van der Waals surface area (Å²) >= 11 is 0. The summed E-state index contributed by atoms with van der Waals surface area (Å²) in [5, 5.41) is 12.2. The lowest BCUT2D eigenvalue weighted by molar-refractivity contribution is 0.0647. The first kappa shape index (κ1) is 9.88. The zero-order valence-electron chi connectivity index (χ0n) is 6.76. The first-order valence-corrected chi connectivity index (χ1v) is 3.69. The molecule has 0 aromatic heterocycles. The molecule has 1 atom stereocenters. The Kier molecular flexibility index (Phi) is 6.91. The molecule has 3 nitrogen and oxygen atoms in total. The molecule has 2 N–H and O–H groups in total. The minimum atomic E-state index is -0.364. The lowest BCUT2D eigenvalue weighted by atomic mass is 10.3. The topological polar surface area (TPSA) is 41.5 Å². The summed E-state index contributed by atoms with van der Waals surface area (Å²) in [6, 6.07) is 0. The summed E-state index contributed by atoms with van der Waals surface area (Å²) in [6.45, 7) is 4.09. The quantitative estimate of drug-likeness (QED) is 0.519. The summed E-state index contributed by atoms with van der Waals surface area (Å²) in [5.41, 5.74) is 0. The lowest BCUT2D eigenvalue weighted by Gasteiger charge is -2.09. The van der Waals surface area contributed by atoms with Crippen molar-refractivity contribution < 1.29 is 9.84 Å². The van der Waals surface area contributed by atoms with Gasteiger partial charge >= 0.3 is 0 Å². The minimum absolute atomic E-state index is 0.364. The highest BCUT2D eigenvalue weighted by Crippen LogP contribution is 1.80. The van der Waals surface area contributed by atoms with Crippen molar-refractivity contribution in [2.24, 2.45) is 0 Å². The summed E-state index contributed by atoms with van der Waals surface area (Å²) in [4.78, 5) is 0. The fraction of sp³-hybridized carbons (Fsp3) is 1.00. The van der Waals surface area contributed by atoms with E-state index in [0.29, 0.717) is 13.2 Å². The molecular weight excluding hydrogens is 130 g/mol. The van der Waals surface area contributed by atoms with Crippen molar-refractivity contribution in [2.75, 3.05) is 26.8 Å². The summed E-state index contributed by atoms with van der Waals surface area (Å²) < 4.78 is 4.74. The number of aliphatic hydroxyl groups is 1. The molecule has 0 saturated heterocycles. The number of hydrogen-bond donors (Lipinski definition) is 2. The van der Waals surface area contributed by atoms with Gasteiger partial charge in [0.15, 0.2) is 0 Å². The van der Waals surface area contributed by atoms with Gasteiger partial charge in [0.05, 0.1) is 12.7 Å². The molecule has 62 valence electrons. The molecule has 0 aromatic carbocycles. The van der Waals surface area contributed by atoms with Gasteiger partial charge in [0.25, 0.3) is 0 Å². The Morgan fingerprint density at radius 3 is 2.80 bits per heavy atom. The van der Waals surface area contributed by atoms with Crippen molar-refractivity contribution in [3.05, 3.63) is 0 Å². The van der Waals surface area contributed by atoms with E-state index in [2.05, 4.69) is 12.2 Å². The van der Waals surface area contributed by atoms with Crippen molar-refractivity contribution in [1.82, 2.24) is 5.32 Å². The standard InChI is InChI=1S/C7H17NO2/c1-3-4-8-5-7(9)6-10-2/h7-9H,3-6H2,1-2H3/t7-/m1/s1. The van der Waals surface area contributed by atoms with Crippen molar-refractivity contribution in [1.29, 1.82) is 0 Å². The maximum absolute atomic E-state index is 9.09. The molecule has 10 heavy (non-hydrogen) atoms. The van der Waals surface area contributed by atoms with Gasteiger partial charge in [0.2, 0.25) is 0 Å². The summed E-state index contributed by atoms with van der Waals surface area (Å²) in [5.74, 6) is 0. The Balaban J connectivity index is 2.97. The van der Waals surface area contributed by atoms with Crippen LogP contribution >= 0.6 is 0 Å². The molecule has 0 bridgehead atoms. The molecule has 0 fully saturated rings. The summed E-state index contributed by atoms with van der Waals surface area (Å²) in [7, 11) is 1.59. The second kappa shape index (κ2) is 6.99. The fourth-order valence-electron chi connectivity index (χ4n) is 0.697. The number of aliphatic hydroxyl groups excluding tert-OH is 1. The second-order valence-electron chi connectivity index (χ2n) is 2.31. The van der Waals surface area contributed by atoms with Crippen molar-refractivity contribution >= 4 is 0 Å². The fourth-order valence-corrected chi connectivity index (χ4v) is 0.697. The maximum atomic E-state index is 9.09. The molecule has 0 heterocycles. The molecule has 0 aliphatic heterocycles. The maximum Gasteiger partial charge on any atom is 0.0897 e. The van der Waals surface area contributed by atoms with Crippen LogP contribution in [0, 0.1) is 0 Å². The zero-order valence-corrected chi connectivity index (χ0v) is 6.76. The Hall–Kier alpha value is -0.120. The normalized spacial score (nSPS) is 13.5. The molecular formula is C7H17NO2. The number of rotatable bonds is 6. The zero-order chi connectivity index (χ0) is 7.82. The average Bonchev–Trinajstić information content (AvgIpc) is 1.89. The summed E-state index contributed by atoms with van der Waals surface area (Å²) in [6.07, 6.45) is 0.733. The highest BCUT2D eigenvalue weighted by atomic mass is 16.5. The highest BCUT2D eigenvalue weighted by Gasteiger charge is 1.99. The van der Waals surface area contributed by atoms with Gasteiger partial charge < -0.3 is 15.2 Å². The lowest BCUT2D eigenvalue weighted by Crippen LogP contribution is -2.30. The van der Waals surface area contributed by atoms with Crippen LogP contribution in [-0.2, 0) is 4.74 Å². The van der Waals surface area contributed by atoms with Gasteiger partial charge in [-0.25, -0.2) is 0 Å². The molecule has 0 amide bonds. The third-order valence-electron chi connectivity index (χ3n) is 1.17. The van der Waals surface area contributed by atoms with Gasteiger partial charge in [-0.3, -0.25) is 0 Å². The molecule has 0 spiro atoms. The van der Waals surface area contributed by atoms with Crippen LogP contribution in [0.2, 0.25) is 0 Å². The van der Waals surface area contributed by atoms with Gasteiger partial charge in [-0.15, -0.1) is 0 Å². The Morgan fingerprint density at radius 2 is 2.30 bits per heavy atom. The molecule has 0 aromatic rings. The van der Waals surface area contributed by atoms with E-state index >= 15 is 0 Å². The highest BCUT2D eigenvalue weighted by molar-refractivity contribution is 4.56. The monoisotopic (exact) mass is 147 g/mol. The first-order valence-electron chi connectivity index (χ1n) is 3.69. The Labute approximate surface area is 62.4 Å². The van der Waals surface area contributed by atoms with Crippen LogP contribution in [0.5, 0.6) is 0 Å². The molecule has 3 heteroatoms. The van der Waals surface area contributed by atoms with Gasteiger partial charge in [0, 0.05) is 13.7 Å². The SMILES string of the molecule is CCCNC[C@@H](O)COC. The van der Waals surface area contributed by atoms with Crippen LogP contribution in [0.3, 0.4) is 0 Å². The van der Waals surface area contributed by atoms with Crippen LogP contribution in [0.1, 0.15) is 13.3 Å². The van der Waals surface area contributed by atoms with Crippen LogP contribution in [0.25, 0.3) is 0 Å². The first-order chi connectivity index (χ1) is 4.81. The number of nitrogens with one attached hydrogen (secondary N) is 1. The Morgan fingerprint density at radius 1 is 1.60 bits per heavy atom. The van der Waals surface area contributed by atoms with Gasteiger partial charge in [0.1, 0.15) is 0 Å². The Bertz CT molecular complexity index is 68.6. The van der Waals surface area contributed by atoms with Crippen LogP contribution in [0.4, 0.5) is 0 Å². The van der Waals surface area contributed by atoms with Crippen LogP contribution in [0.15, 0.2) is 0 Å². The van der Waals surface area contributed by atoms with Gasteiger partial charge in [-0.2, -0.15) is 0 Å². The number of hydrogen-bond acceptors (Lipinski definition) is 3. The van der Waals surface area contributed by atoms with E-state index in [4.69, 9.17) is 9.84 Å². The molecule has 0 unspecified atom stereocenters. The average molecular weight is 147 g/mol. The van der Waals surface area contributed by atoms with Crippen molar-refractivity contribution in [2.45, 2.75) is 19.4 Å². The molecule has 0 aliphatic rings. The van der Waals surface area contributed by atoms with E-state index in [1.165, 1.54) is 0 Å². The second-order valence-corrected chi connectivity index (χ2v) is 2.31. The predicted octanol–water partition coefficient (Wildman–Crippen LogP) is -0.00670. The van der Waals surface area contributed by atoms with Crippen LogP contribution in [-0.4, -0.2) is 38.0 Å². The molecule has 0 saturated carbocycles. The smallest absolute Gasteiger partial charge is 0.0897 e. The van der Waals surface area contributed by atoms with E-state index in [1.807, 2.05) is 0 Å². The van der Waals surface area contributed by atoms with E-state index in [0.717, 1.165) is 13.0 Å². The predicted molar refractivity (Wildman–Crippen MR) is 41.0 cm³/mol. The van der Waals surface area contributed by atoms with E-state index in [-0.39, 0.29) is 6.10 Å². The number of methoxy groups -OCH3 is 1. The van der Waals surface area contributed by atoms with Gasteiger partial charge in [-0.05, 0) is 13.0 Å². The minimum Gasteiger partial charge on any atom is -0.389 e.